The number of rotatable bonds is 7. The first-order chi connectivity index (χ1) is 8.09. The van der Waals surface area contributed by atoms with E-state index in [0.717, 1.165) is 23.6 Å². The van der Waals surface area contributed by atoms with E-state index in [4.69, 9.17) is 0 Å². The van der Waals surface area contributed by atoms with E-state index in [1.165, 1.54) is 12.8 Å². The Morgan fingerprint density at radius 1 is 0.944 bits per heavy atom. The molecule has 0 aromatic heterocycles. The van der Waals surface area contributed by atoms with Crippen LogP contribution in [-0.4, -0.2) is 7.28 Å². The predicted octanol–water partition coefficient (Wildman–Crippen LogP) is 6.06. The first kappa shape index (κ1) is 18.1. The summed E-state index contributed by atoms with van der Waals surface area (Å²) < 4.78 is 0. The van der Waals surface area contributed by atoms with E-state index in [-0.39, 0.29) is 0 Å². The summed E-state index contributed by atoms with van der Waals surface area (Å²) in [6.07, 6.45) is 2.66. The van der Waals surface area contributed by atoms with Crippen molar-refractivity contribution in [1.29, 1.82) is 0 Å². The lowest BCUT2D eigenvalue weighted by molar-refractivity contribution is 0.173. The smallest absolute Gasteiger partial charge is 0.0741 e. The summed E-state index contributed by atoms with van der Waals surface area (Å²) in [4.78, 5) is 0. The van der Waals surface area contributed by atoms with Crippen LogP contribution in [0.2, 0.25) is 11.6 Å². The highest BCUT2D eigenvalue weighted by Gasteiger charge is 2.31. The molecule has 0 nitrogen and oxygen atoms in total. The lowest BCUT2D eigenvalue weighted by atomic mass is 9.48. The molecule has 0 amide bonds. The zero-order valence-corrected chi connectivity index (χ0v) is 14.4. The van der Waals surface area contributed by atoms with Gasteiger partial charge < -0.3 is 0 Å². The van der Waals surface area contributed by atoms with E-state index in [9.17, 15) is 0 Å². The molecule has 0 aromatic rings. The molecule has 0 aliphatic rings. The van der Waals surface area contributed by atoms with Gasteiger partial charge in [0.05, 0.1) is 0 Å². The topological polar surface area (TPSA) is 0 Å². The zero-order chi connectivity index (χ0) is 14.5. The molecule has 4 unspecified atom stereocenters. The number of hydrogen-bond acceptors (Lipinski definition) is 0. The van der Waals surface area contributed by atoms with Crippen molar-refractivity contribution in [1.82, 2.24) is 0 Å². The molecule has 0 aliphatic heterocycles. The fourth-order valence-electron chi connectivity index (χ4n) is 2.75. The largest absolute Gasteiger partial charge is 0.117 e. The molecule has 1 heteroatoms. The van der Waals surface area contributed by atoms with E-state index in [1.54, 1.807) is 0 Å². The lowest BCUT2D eigenvalue weighted by Crippen LogP contribution is -2.30. The normalized spacial score (nSPS) is 19.4. The second-order valence-corrected chi connectivity index (χ2v) is 7.86. The van der Waals surface area contributed by atoms with Crippen LogP contribution in [0.3, 0.4) is 0 Å². The SMILES string of the molecule is CCC(C)CC([B]C(C)C)C(C)C(C)C(C)(C)C. The molecule has 0 aliphatic carbocycles. The summed E-state index contributed by atoms with van der Waals surface area (Å²) in [5.74, 6) is 3.87. The van der Waals surface area contributed by atoms with Crippen LogP contribution in [0.4, 0.5) is 0 Å². The molecule has 107 valence electrons. The Kier molecular flexibility index (Phi) is 7.63. The highest BCUT2D eigenvalue weighted by Crippen LogP contribution is 2.41. The van der Waals surface area contributed by atoms with Gasteiger partial charge in [-0.05, 0) is 23.2 Å². The Morgan fingerprint density at radius 3 is 1.78 bits per heavy atom. The second kappa shape index (κ2) is 7.60. The summed E-state index contributed by atoms with van der Waals surface area (Å²) in [6, 6.07) is 0. The minimum absolute atomic E-state index is 0.415. The van der Waals surface area contributed by atoms with Gasteiger partial charge >= 0.3 is 0 Å². The van der Waals surface area contributed by atoms with Gasteiger partial charge in [-0.25, -0.2) is 0 Å². The molecule has 0 spiro atoms. The Morgan fingerprint density at radius 2 is 1.44 bits per heavy atom. The predicted molar refractivity (Wildman–Crippen MR) is 86.5 cm³/mol. The van der Waals surface area contributed by atoms with Gasteiger partial charge in [0.1, 0.15) is 7.28 Å². The molecule has 0 heterocycles. The summed E-state index contributed by atoms with van der Waals surface area (Å²) in [6.45, 7) is 21.4. The van der Waals surface area contributed by atoms with Crippen molar-refractivity contribution in [3.63, 3.8) is 0 Å². The van der Waals surface area contributed by atoms with E-state index >= 15 is 0 Å². The van der Waals surface area contributed by atoms with Crippen molar-refractivity contribution in [3.8, 4) is 0 Å². The van der Waals surface area contributed by atoms with Gasteiger partial charge in [-0.1, -0.05) is 86.8 Å². The molecule has 0 saturated carbocycles. The molecule has 0 rings (SSSR count). The average Bonchev–Trinajstić information content (AvgIpc) is 2.24. The molecule has 0 fully saturated rings. The van der Waals surface area contributed by atoms with E-state index in [1.807, 2.05) is 0 Å². The Labute approximate surface area is 118 Å². The van der Waals surface area contributed by atoms with Gasteiger partial charge in [0.25, 0.3) is 0 Å². The van der Waals surface area contributed by atoms with Crippen LogP contribution >= 0.6 is 0 Å². The fraction of sp³-hybridized carbons (Fsp3) is 1.00. The maximum atomic E-state index is 2.60. The standard InChI is InChI=1S/C17H36B/c1-10-13(4)11-16(18-12(2)3)14(5)15(6)17(7,8)9/h12-16H,10-11H2,1-9H3. The first-order valence-corrected chi connectivity index (χ1v) is 7.94. The van der Waals surface area contributed by atoms with Crippen molar-refractivity contribution < 1.29 is 0 Å². The average molecular weight is 251 g/mol. The molecule has 0 bridgehead atoms. The highest BCUT2D eigenvalue weighted by molar-refractivity contribution is 6.39. The first-order valence-electron chi connectivity index (χ1n) is 7.94. The molecule has 4 atom stereocenters. The van der Waals surface area contributed by atoms with Gasteiger partial charge in [0, 0.05) is 0 Å². The van der Waals surface area contributed by atoms with Crippen LogP contribution in [0.1, 0.15) is 75.2 Å². The summed E-state index contributed by atoms with van der Waals surface area (Å²) >= 11 is 0. The van der Waals surface area contributed by atoms with E-state index < -0.39 is 0 Å². The van der Waals surface area contributed by atoms with Crippen molar-refractivity contribution in [2.75, 3.05) is 0 Å². The second-order valence-electron chi connectivity index (χ2n) is 7.86. The molecule has 0 N–H and O–H groups in total. The Balaban J connectivity index is 4.73. The summed E-state index contributed by atoms with van der Waals surface area (Å²) in [5, 5.41) is 0. The van der Waals surface area contributed by atoms with Gasteiger partial charge in [-0.15, -0.1) is 0 Å². The van der Waals surface area contributed by atoms with Crippen LogP contribution in [-0.2, 0) is 0 Å². The molecule has 0 aromatic carbocycles. The Hall–Kier alpha value is 0.0649. The third-order valence-electron chi connectivity index (χ3n) is 4.83. The molecule has 0 saturated heterocycles. The highest BCUT2D eigenvalue weighted by atomic mass is 14.3. The van der Waals surface area contributed by atoms with Crippen molar-refractivity contribution in [2.45, 2.75) is 86.8 Å². The maximum absolute atomic E-state index is 2.60. The van der Waals surface area contributed by atoms with E-state index in [0.29, 0.717) is 11.2 Å². The minimum Gasteiger partial charge on any atom is -0.0741 e. The summed E-state index contributed by atoms with van der Waals surface area (Å²) in [5.41, 5.74) is 0.415. The number of hydrogen-bond donors (Lipinski definition) is 0. The van der Waals surface area contributed by atoms with Gasteiger partial charge in [0.15, 0.2) is 0 Å². The minimum atomic E-state index is 0.415. The van der Waals surface area contributed by atoms with Gasteiger partial charge in [-0.3, -0.25) is 0 Å². The lowest BCUT2D eigenvalue weighted by Gasteiger charge is -2.38. The van der Waals surface area contributed by atoms with Gasteiger partial charge in [0.2, 0.25) is 0 Å². The third-order valence-corrected chi connectivity index (χ3v) is 4.83. The Bertz CT molecular complexity index is 214. The van der Waals surface area contributed by atoms with Crippen molar-refractivity contribution >= 4 is 7.28 Å². The quantitative estimate of drug-likeness (QED) is 0.482. The molecule has 18 heavy (non-hydrogen) atoms. The van der Waals surface area contributed by atoms with Crippen molar-refractivity contribution in [3.05, 3.63) is 0 Å². The summed E-state index contributed by atoms with van der Waals surface area (Å²) in [7, 11) is 2.60. The zero-order valence-electron chi connectivity index (χ0n) is 14.4. The third kappa shape index (κ3) is 6.30. The van der Waals surface area contributed by atoms with Crippen LogP contribution in [0.5, 0.6) is 0 Å². The maximum Gasteiger partial charge on any atom is 0.117 e. The molecular weight excluding hydrogens is 215 g/mol. The van der Waals surface area contributed by atoms with Crippen LogP contribution in [0.15, 0.2) is 0 Å². The van der Waals surface area contributed by atoms with Crippen LogP contribution in [0.25, 0.3) is 0 Å². The van der Waals surface area contributed by atoms with Crippen LogP contribution < -0.4 is 0 Å². The monoisotopic (exact) mass is 251 g/mol. The van der Waals surface area contributed by atoms with Gasteiger partial charge in [-0.2, -0.15) is 0 Å². The fourth-order valence-corrected chi connectivity index (χ4v) is 2.75. The molecular formula is C17H36B. The molecule has 1 radical (unpaired) electrons. The van der Waals surface area contributed by atoms with Crippen molar-refractivity contribution in [2.24, 2.45) is 23.2 Å². The van der Waals surface area contributed by atoms with Crippen LogP contribution in [0, 0.1) is 23.2 Å². The van der Waals surface area contributed by atoms with E-state index in [2.05, 4.69) is 69.6 Å².